The van der Waals surface area contributed by atoms with Crippen molar-refractivity contribution in [1.82, 2.24) is 14.6 Å². The summed E-state index contributed by atoms with van der Waals surface area (Å²) in [4.78, 5) is 14.7. The second kappa shape index (κ2) is 6.45. The summed E-state index contributed by atoms with van der Waals surface area (Å²) in [6.45, 7) is 1.06. The number of carbonyl (C=O) groups excluding carboxylic acids is 1. The Balaban J connectivity index is 1.72. The molecule has 3 aromatic rings. The minimum absolute atomic E-state index is 0.176. The van der Waals surface area contributed by atoms with Gasteiger partial charge in [-0.15, -0.1) is 10.2 Å². The SMILES string of the molecule is NCCC1CN(C(=O)c2ccc3nnc(C(F)F)n3c2)c2ccccc21. The van der Waals surface area contributed by atoms with Gasteiger partial charge in [-0.3, -0.25) is 9.20 Å². The first kappa shape index (κ1) is 16.6. The Morgan fingerprint density at radius 2 is 2.04 bits per heavy atom. The molecule has 2 aromatic heterocycles. The second-order valence-corrected chi connectivity index (χ2v) is 6.25. The molecule has 1 aliphatic heterocycles. The van der Waals surface area contributed by atoms with E-state index in [9.17, 15) is 13.6 Å². The van der Waals surface area contributed by atoms with Crippen LogP contribution < -0.4 is 10.6 Å². The molecule has 26 heavy (non-hydrogen) atoms. The molecule has 8 heteroatoms. The number of amides is 1. The monoisotopic (exact) mass is 357 g/mol. The molecule has 3 heterocycles. The third-order valence-corrected chi connectivity index (χ3v) is 4.70. The van der Waals surface area contributed by atoms with E-state index < -0.39 is 12.2 Å². The Kier molecular flexibility index (Phi) is 4.12. The van der Waals surface area contributed by atoms with Crippen molar-refractivity contribution in [3.05, 3.63) is 59.5 Å². The Morgan fingerprint density at radius 1 is 1.23 bits per heavy atom. The summed E-state index contributed by atoms with van der Waals surface area (Å²) in [7, 11) is 0. The molecule has 0 spiro atoms. The van der Waals surface area contributed by atoms with Gasteiger partial charge in [0, 0.05) is 24.3 Å². The third-order valence-electron chi connectivity index (χ3n) is 4.70. The summed E-state index contributed by atoms with van der Waals surface area (Å²) >= 11 is 0. The van der Waals surface area contributed by atoms with Gasteiger partial charge in [0.15, 0.2) is 5.65 Å². The minimum Gasteiger partial charge on any atom is -0.330 e. The molecule has 0 radical (unpaired) electrons. The van der Waals surface area contributed by atoms with Crippen LogP contribution >= 0.6 is 0 Å². The van der Waals surface area contributed by atoms with Crippen LogP contribution in [0.2, 0.25) is 0 Å². The highest BCUT2D eigenvalue weighted by atomic mass is 19.3. The molecule has 0 bridgehead atoms. The Labute approximate surface area is 148 Å². The summed E-state index contributed by atoms with van der Waals surface area (Å²) in [5, 5.41) is 7.19. The highest BCUT2D eigenvalue weighted by Crippen LogP contribution is 2.38. The first-order chi connectivity index (χ1) is 12.6. The number of hydrogen-bond donors (Lipinski definition) is 1. The first-order valence-corrected chi connectivity index (χ1v) is 8.34. The number of alkyl halides is 2. The van der Waals surface area contributed by atoms with Gasteiger partial charge < -0.3 is 10.6 Å². The van der Waals surface area contributed by atoms with Crippen LogP contribution in [0.1, 0.15) is 40.5 Å². The van der Waals surface area contributed by atoms with Gasteiger partial charge in [-0.25, -0.2) is 8.78 Å². The zero-order valence-electron chi connectivity index (χ0n) is 13.8. The van der Waals surface area contributed by atoms with E-state index in [1.54, 1.807) is 11.0 Å². The maximum Gasteiger partial charge on any atom is 0.297 e. The lowest BCUT2D eigenvalue weighted by atomic mass is 9.98. The fourth-order valence-electron chi connectivity index (χ4n) is 3.48. The fourth-order valence-corrected chi connectivity index (χ4v) is 3.48. The smallest absolute Gasteiger partial charge is 0.297 e. The summed E-state index contributed by atoms with van der Waals surface area (Å²) in [6.07, 6.45) is -0.615. The van der Waals surface area contributed by atoms with Gasteiger partial charge in [0.05, 0.1) is 5.56 Å². The summed E-state index contributed by atoms with van der Waals surface area (Å²) < 4.78 is 27.3. The Bertz CT molecular complexity index is 971. The highest BCUT2D eigenvalue weighted by molar-refractivity contribution is 6.07. The number of aromatic nitrogens is 3. The molecule has 0 fully saturated rings. The Morgan fingerprint density at radius 3 is 2.81 bits per heavy atom. The number of carbonyl (C=O) groups is 1. The zero-order valence-corrected chi connectivity index (χ0v) is 13.8. The molecule has 1 aliphatic rings. The molecular formula is C18H17F2N5O. The summed E-state index contributed by atoms with van der Waals surface area (Å²) in [5.41, 5.74) is 8.22. The van der Waals surface area contributed by atoms with Gasteiger partial charge in [0.25, 0.3) is 12.3 Å². The van der Waals surface area contributed by atoms with Crippen LogP contribution in [0, 0.1) is 0 Å². The average molecular weight is 357 g/mol. The number of rotatable bonds is 4. The molecule has 0 aliphatic carbocycles. The molecule has 2 N–H and O–H groups in total. The number of fused-ring (bicyclic) bond motifs is 2. The largest absolute Gasteiger partial charge is 0.330 e. The fraction of sp³-hybridized carbons (Fsp3) is 0.278. The van der Waals surface area contributed by atoms with Gasteiger partial charge in [0.2, 0.25) is 5.82 Å². The van der Waals surface area contributed by atoms with E-state index in [2.05, 4.69) is 10.2 Å². The highest BCUT2D eigenvalue weighted by Gasteiger charge is 2.32. The van der Waals surface area contributed by atoms with Crippen LogP contribution in [0.5, 0.6) is 0 Å². The van der Waals surface area contributed by atoms with Crippen molar-refractivity contribution in [3.8, 4) is 0 Å². The van der Waals surface area contributed by atoms with E-state index in [0.717, 1.165) is 22.1 Å². The quantitative estimate of drug-likeness (QED) is 0.779. The number of hydrogen-bond acceptors (Lipinski definition) is 4. The molecule has 0 saturated heterocycles. The zero-order chi connectivity index (χ0) is 18.3. The Hall–Kier alpha value is -2.87. The number of anilines is 1. The minimum atomic E-state index is -2.77. The van der Waals surface area contributed by atoms with Gasteiger partial charge in [0.1, 0.15) is 0 Å². The van der Waals surface area contributed by atoms with E-state index in [1.807, 2.05) is 24.3 Å². The van der Waals surface area contributed by atoms with Crippen LogP contribution in [0.25, 0.3) is 5.65 Å². The van der Waals surface area contributed by atoms with Crippen molar-refractivity contribution in [2.24, 2.45) is 5.73 Å². The average Bonchev–Trinajstić information content (AvgIpc) is 3.23. The van der Waals surface area contributed by atoms with Gasteiger partial charge >= 0.3 is 0 Å². The lowest BCUT2D eigenvalue weighted by Crippen LogP contribution is -2.30. The molecule has 1 aromatic carbocycles. The maximum absolute atomic E-state index is 13.1. The second-order valence-electron chi connectivity index (χ2n) is 6.25. The van der Waals surface area contributed by atoms with Crippen molar-refractivity contribution in [1.29, 1.82) is 0 Å². The first-order valence-electron chi connectivity index (χ1n) is 8.34. The molecule has 0 saturated carbocycles. The lowest BCUT2D eigenvalue weighted by molar-refractivity contribution is 0.0987. The maximum atomic E-state index is 13.1. The van der Waals surface area contributed by atoms with E-state index in [1.165, 1.54) is 12.3 Å². The van der Waals surface area contributed by atoms with Crippen molar-refractivity contribution < 1.29 is 13.6 Å². The normalized spacial score (nSPS) is 16.5. The topological polar surface area (TPSA) is 76.5 Å². The number of nitrogens with two attached hydrogens (primary N) is 1. The van der Waals surface area contributed by atoms with E-state index >= 15 is 0 Å². The van der Waals surface area contributed by atoms with Crippen molar-refractivity contribution in [2.75, 3.05) is 18.0 Å². The van der Waals surface area contributed by atoms with Crippen LogP contribution in [0.4, 0.5) is 14.5 Å². The molecule has 1 amide bonds. The third kappa shape index (κ3) is 2.62. The molecular weight excluding hydrogens is 340 g/mol. The van der Waals surface area contributed by atoms with Crippen molar-refractivity contribution >= 4 is 17.2 Å². The van der Waals surface area contributed by atoms with E-state index in [0.29, 0.717) is 18.7 Å². The molecule has 134 valence electrons. The predicted molar refractivity (Wildman–Crippen MR) is 92.5 cm³/mol. The molecule has 1 atom stereocenters. The van der Waals surface area contributed by atoms with E-state index in [-0.39, 0.29) is 17.5 Å². The molecule has 6 nitrogen and oxygen atoms in total. The molecule has 4 rings (SSSR count). The lowest BCUT2D eigenvalue weighted by Gasteiger charge is -2.18. The summed E-state index contributed by atoms with van der Waals surface area (Å²) in [5.74, 6) is -0.541. The molecule has 1 unspecified atom stereocenters. The van der Waals surface area contributed by atoms with Crippen LogP contribution in [-0.2, 0) is 0 Å². The number of benzene rings is 1. The van der Waals surface area contributed by atoms with Crippen molar-refractivity contribution in [2.45, 2.75) is 18.8 Å². The van der Waals surface area contributed by atoms with Gasteiger partial charge in [-0.05, 0) is 36.7 Å². The number of halogens is 2. The number of para-hydroxylation sites is 1. The van der Waals surface area contributed by atoms with E-state index in [4.69, 9.17) is 5.73 Å². The van der Waals surface area contributed by atoms with Gasteiger partial charge in [-0.2, -0.15) is 0 Å². The number of pyridine rings is 1. The van der Waals surface area contributed by atoms with Crippen molar-refractivity contribution in [3.63, 3.8) is 0 Å². The van der Waals surface area contributed by atoms with Crippen LogP contribution in [0.3, 0.4) is 0 Å². The standard InChI is InChI=1S/C18H17F2N5O/c19-16(20)17-23-22-15-6-5-12(10-25(15)17)18(26)24-9-11(7-8-21)13-3-1-2-4-14(13)24/h1-6,10-11,16H,7-9,21H2. The van der Waals surface area contributed by atoms with Crippen LogP contribution in [0.15, 0.2) is 42.6 Å². The predicted octanol–water partition coefficient (Wildman–Crippen LogP) is 2.76. The van der Waals surface area contributed by atoms with Gasteiger partial charge in [-0.1, -0.05) is 18.2 Å². The van der Waals surface area contributed by atoms with Crippen LogP contribution in [-0.4, -0.2) is 33.6 Å². The summed E-state index contributed by atoms with van der Waals surface area (Å²) in [6, 6.07) is 10.8. The number of nitrogens with zero attached hydrogens (tertiary/aromatic N) is 4.